The zero-order chi connectivity index (χ0) is 14.1. The molecule has 0 spiro atoms. The van der Waals surface area contributed by atoms with Gasteiger partial charge in [-0.3, -0.25) is 0 Å². The first-order valence-corrected chi connectivity index (χ1v) is 13.5. The fraction of sp³-hybridized carbons (Fsp3) is 1.00. The first kappa shape index (κ1) is 17.5. The Hall–Kier alpha value is 0.544. The number of rotatable bonds is 6. The van der Waals surface area contributed by atoms with Crippen LogP contribution in [0.4, 0.5) is 0 Å². The summed E-state index contributed by atoms with van der Waals surface area (Å²) < 4.78 is 22.9. The Kier molecular flexibility index (Phi) is 5.85. The van der Waals surface area contributed by atoms with Crippen LogP contribution in [-0.2, 0) is 13.0 Å². The Morgan fingerprint density at radius 1 is 0.882 bits per heavy atom. The summed E-state index contributed by atoms with van der Waals surface area (Å²) >= 11 is 0. The van der Waals surface area contributed by atoms with Crippen molar-refractivity contribution in [2.24, 2.45) is 0 Å². The monoisotopic (exact) mass is 298 g/mol. The summed E-state index contributed by atoms with van der Waals surface area (Å²) in [5.41, 5.74) is 0.547. The molecule has 17 heavy (non-hydrogen) atoms. The van der Waals surface area contributed by atoms with Crippen LogP contribution in [-0.4, -0.2) is 21.5 Å². The van der Waals surface area contributed by atoms with E-state index in [-0.39, 0.29) is 11.1 Å². The Bertz CT molecular complexity index is 277. The van der Waals surface area contributed by atoms with Crippen molar-refractivity contribution in [2.75, 3.05) is 0 Å². The molecule has 0 saturated carbocycles. The van der Waals surface area contributed by atoms with Gasteiger partial charge in [-0.05, 0) is 37.3 Å². The lowest BCUT2D eigenvalue weighted by molar-refractivity contribution is 0.280. The fourth-order valence-electron chi connectivity index (χ4n) is 0.824. The van der Waals surface area contributed by atoms with Crippen LogP contribution in [0, 0.1) is 0 Å². The molecule has 0 atom stereocenters. The summed E-state index contributed by atoms with van der Waals surface area (Å²) in [5, 5.41) is 0. The minimum Gasteiger partial charge on any atom is -0.330 e. The van der Waals surface area contributed by atoms with Crippen LogP contribution >= 0.6 is 7.82 Å². The average Bonchev–Trinajstić information content (AvgIpc) is 1.98. The lowest BCUT2D eigenvalue weighted by Crippen LogP contribution is -2.37. The lowest BCUT2D eigenvalue weighted by atomic mass is 10.6. The largest absolute Gasteiger partial charge is 0.452 e. The van der Waals surface area contributed by atoms with Crippen molar-refractivity contribution >= 4 is 24.5 Å². The zero-order valence-corrected chi connectivity index (χ0v) is 15.2. The molecule has 0 aliphatic carbocycles. The molecule has 0 unspecified atom stereocenters. The molecule has 0 bridgehead atoms. The summed E-state index contributed by atoms with van der Waals surface area (Å²) in [6.07, 6.45) is 0. The van der Waals surface area contributed by atoms with Gasteiger partial charge >= 0.3 is 7.82 Å². The normalized spacial score (nSPS) is 14.8. The van der Waals surface area contributed by atoms with E-state index in [1.807, 2.05) is 53.9 Å². The fourth-order valence-corrected chi connectivity index (χ4v) is 7.75. The van der Waals surface area contributed by atoms with E-state index in [9.17, 15) is 9.46 Å². The lowest BCUT2D eigenvalue weighted by Gasteiger charge is -2.33. The van der Waals surface area contributed by atoms with E-state index >= 15 is 0 Å². The van der Waals surface area contributed by atoms with Gasteiger partial charge in [-0.1, -0.05) is 27.7 Å². The molecular formula is C10H27O4PSi2. The van der Waals surface area contributed by atoms with Crippen molar-refractivity contribution in [3.05, 3.63) is 0 Å². The predicted octanol–water partition coefficient (Wildman–Crippen LogP) is 4.35. The predicted molar refractivity (Wildman–Crippen MR) is 77.2 cm³/mol. The summed E-state index contributed by atoms with van der Waals surface area (Å²) in [4.78, 5) is 9.86. The second-order valence-electron chi connectivity index (χ2n) is 6.17. The van der Waals surface area contributed by atoms with Crippen LogP contribution in [0.5, 0.6) is 0 Å². The van der Waals surface area contributed by atoms with E-state index in [4.69, 9.17) is 8.43 Å². The van der Waals surface area contributed by atoms with Crippen molar-refractivity contribution in [1.29, 1.82) is 0 Å². The molecular weight excluding hydrogens is 271 g/mol. The topological polar surface area (TPSA) is 55.8 Å². The van der Waals surface area contributed by atoms with Crippen LogP contribution in [0.2, 0.25) is 37.3 Å². The van der Waals surface area contributed by atoms with E-state index in [0.29, 0.717) is 0 Å². The Labute approximate surface area is 108 Å². The molecule has 0 fully saturated rings. The molecule has 7 heteroatoms. The Balaban J connectivity index is 4.78. The van der Waals surface area contributed by atoms with Gasteiger partial charge in [-0.15, -0.1) is 0 Å². The highest BCUT2D eigenvalue weighted by molar-refractivity contribution is 7.51. The molecule has 0 aromatic rings. The van der Waals surface area contributed by atoms with Gasteiger partial charge in [0.25, 0.3) is 0 Å². The van der Waals surface area contributed by atoms with Gasteiger partial charge in [0, 0.05) is 0 Å². The second kappa shape index (κ2) is 5.67. The molecule has 0 aliphatic rings. The quantitative estimate of drug-likeness (QED) is 0.585. The van der Waals surface area contributed by atoms with E-state index in [0.717, 1.165) is 0 Å². The number of hydrogen-bond donors (Lipinski definition) is 1. The van der Waals surface area contributed by atoms with Crippen LogP contribution in [0.25, 0.3) is 0 Å². The van der Waals surface area contributed by atoms with Crippen LogP contribution in [0.1, 0.15) is 27.7 Å². The maximum absolute atomic E-state index is 12.0. The van der Waals surface area contributed by atoms with Crippen molar-refractivity contribution < 1.29 is 17.9 Å². The molecule has 1 N–H and O–H groups in total. The molecule has 0 saturated heterocycles. The summed E-state index contributed by atoms with van der Waals surface area (Å²) in [6, 6.07) is 0. The molecule has 4 nitrogen and oxygen atoms in total. The van der Waals surface area contributed by atoms with Crippen molar-refractivity contribution in [3.8, 4) is 0 Å². The van der Waals surface area contributed by atoms with Gasteiger partial charge in [0.05, 0.1) is 0 Å². The molecule has 0 aromatic carbocycles. The minimum atomic E-state index is -3.92. The highest BCUT2D eigenvalue weighted by atomic mass is 31.2. The van der Waals surface area contributed by atoms with Crippen molar-refractivity contribution in [2.45, 2.75) is 65.0 Å². The highest BCUT2D eigenvalue weighted by Crippen LogP contribution is 2.52. The number of hydrogen-bond acceptors (Lipinski definition) is 3. The highest BCUT2D eigenvalue weighted by Gasteiger charge is 2.42. The third-order valence-corrected chi connectivity index (χ3v) is 14.7. The summed E-state index contributed by atoms with van der Waals surface area (Å²) in [6.45, 7) is 15.8. The Morgan fingerprint density at radius 3 is 1.29 bits per heavy atom. The van der Waals surface area contributed by atoms with E-state index < -0.39 is 24.5 Å². The van der Waals surface area contributed by atoms with Crippen molar-refractivity contribution in [1.82, 2.24) is 0 Å². The molecule has 0 radical (unpaired) electrons. The van der Waals surface area contributed by atoms with E-state index in [1.54, 1.807) is 0 Å². The Morgan fingerprint density at radius 2 is 1.12 bits per heavy atom. The molecule has 0 amide bonds. The van der Waals surface area contributed by atoms with Gasteiger partial charge in [-0.25, -0.2) is 4.57 Å². The van der Waals surface area contributed by atoms with E-state index in [1.165, 1.54) is 0 Å². The minimum absolute atomic E-state index is 0.274. The molecule has 0 heterocycles. The van der Waals surface area contributed by atoms with Gasteiger partial charge in [0.15, 0.2) is 0 Å². The summed E-state index contributed by atoms with van der Waals surface area (Å²) in [7, 11) is -8.25. The van der Waals surface area contributed by atoms with Crippen LogP contribution < -0.4 is 0 Å². The zero-order valence-electron chi connectivity index (χ0n) is 12.3. The van der Waals surface area contributed by atoms with Crippen LogP contribution in [0.15, 0.2) is 0 Å². The maximum Gasteiger partial charge on any atom is 0.452 e. The first-order chi connectivity index (χ1) is 7.30. The smallest absolute Gasteiger partial charge is 0.330 e. The summed E-state index contributed by atoms with van der Waals surface area (Å²) in [5.74, 6) is 0. The SMILES string of the molecule is CC(C)[Si](C)(C)OP(=O)(O)O[Si](C)(C)C(C)C. The molecule has 0 rings (SSSR count). The maximum atomic E-state index is 12.0. The standard InChI is InChI=1S/C10H27O4PSi2/c1-9(2)16(5,6)13-15(11,12)14-17(7,8)10(3)4/h9-10H,1-8H3,(H,11,12). The van der Waals surface area contributed by atoms with Gasteiger partial charge < -0.3 is 13.3 Å². The van der Waals surface area contributed by atoms with Gasteiger partial charge in [-0.2, -0.15) is 0 Å². The van der Waals surface area contributed by atoms with Gasteiger partial charge in [0.2, 0.25) is 16.6 Å². The van der Waals surface area contributed by atoms with Gasteiger partial charge in [0.1, 0.15) is 0 Å². The number of phosphoric acid groups is 1. The average molecular weight is 298 g/mol. The van der Waals surface area contributed by atoms with E-state index in [2.05, 4.69) is 0 Å². The first-order valence-electron chi connectivity index (χ1n) is 6.04. The second-order valence-corrected chi connectivity index (χ2v) is 17.3. The third-order valence-electron chi connectivity index (χ3n) is 3.48. The third kappa shape index (κ3) is 5.81. The molecule has 0 aliphatic heterocycles. The molecule has 104 valence electrons. The molecule has 0 aromatic heterocycles. The van der Waals surface area contributed by atoms with Crippen LogP contribution in [0.3, 0.4) is 0 Å². The van der Waals surface area contributed by atoms with Crippen molar-refractivity contribution in [3.63, 3.8) is 0 Å².